The molecule has 2 amide bonds. The van der Waals surface area contributed by atoms with Gasteiger partial charge in [0.25, 0.3) is 11.8 Å². The van der Waals surface area contributed by atoms with E-state index in [9.17, 15) is 22.8 Å². The van der Waals surface area contributed by atoms with Gasteiger partial charge in [-0.2, -0.15) is 0 Å². The number of sulfone groups is 1. The lowest BCUT2D eigenvalue weighted by Gasteiger charge is -2.19. The molecule has 0 saturated heterocycles. The second-order valence-electron chi connectivity index (χ2n) is 8.31. The van der Waals surface area contributed by atoms with Gasteiger partial charge in [-0.05, 0) is 48.6 Å². The second-order valence-corrected chi connectivity index (χ2v) is 10.3. The topological polar surface area (TPSA) is 128 Å². The van der Waals surface area contributed by atoms with Crippen LogP contribution in [0.3, 0.4) is 0 Å². The highest BCUT2D eigenvalue weighted by atomic mass is 32.2. The number of rotatable bonds is 5. The normalized spacial score (nSPS) is 18.0. The zero-order valence-corrected chi connectivity index (χ0v) is 20.4. The molecule has 1 heterocycles. The van der Waals surface area contributed by atoms with E-state index in [0.29, 0.717) is 55.8 Å². The minimum atomic E-state index is -3.32. The summed E-state index contributed by atoms with van der Waals surface area (Å²) in [6.45, 7) is 1.61. The molecule has 2 N–H and O–H groups in total. The van der Waals surface area contributed by atoms with Gasteiger partial charge in [0, 0.05) is 25.0 Å². The molecule has 9 nitrogen and oxygen atoms in total. The third kappa shape index (κ3) is 7.98. The third-order valence-corrected chi connectivity index (χ3v) is 6.70. The summed E-state index contributed by atoms with van der Waals surface area (Å²) in [7, 11) is -3.32. The van der Waals surface area contributed by atoms with E-state index in [0.717, 1.165) is 6.26 Å². The molecule has 0 fully saturated rings. The van der Waals surface area contributed by atoms with Crippen molar-refractivity contribution < 1.29 is 32.3 Å². The van der Waals surface area contributed by atoms with Gasteiger partial charge in [-0.1, -0.05) is 30.3 Å². The van der Waals surface area contributed by atoms with Crippen LogP contribution in [0.25, 0.3) is 0 Å². The first kappa shape index (κ1) is 26.5. The molecule has 188 valence electrons. The van der Waals surface area contributed by atoms with E-state index >= 15 is 0 Å². The molecule has 2 aromatic rings. The van der Waals surface area contributed by atoms with Gasteiger partial charge in [-0.15, -0.1) is 0 Å². The summed E-state index contributed by atoms with van der Waals surface area (Å²) in [4.78, 5) is 38.7. The number of fused-ring (bicyclic) bond motifs is 1. The van der Waals surface area contributed by atoms with Crippen LogP contribution in [-0.2, 0) is 42.1 Å². The lowest BCUT2D eigenvalue weighted by Crippen LogP contribution is -2.47. The second kappa shape index (κ2) is 12.6. The minimum Gasteiger partial charge on any atom is -0.379 e. The molecule has 35 heavy (non-hydrogen) atoms. The molecule has 0 aliphatic carbocycles. The largest absolute Gasteiger partial charge is 0.379 e. The van der Waals surface area contributed by atoms with Crippen LogP contribution in [0, 0.1) is 0 Å². The fourth-order valence-electron chi connectivity index (χ4n) is 3.61. The number of nitrogens with one attached hydrogen (secondary N) is 2. The molecule has 0 bridgehead atoms. The van der Waals surface area contributed by atoms with Crippen LogP contribution in [-0.4, -0.2) is 58.1 Å². The Balaban J connectivity index is 1.68. The minimum absolute atomic E-state index is 0.0449. The van der Waals surface area contributed by atoms with Crippen LogP contribution in [0.15, 0.2) is 53.4 Å². The predicted octanol–water partition coefficient (Wildman–Crippen LogP) is 1.79. The Hall–Kier alpha value is -3.08. The summed E-state index contributed by atoms with van der Waals surface area (Å²) >= 11 is 0. The van der Waals surface area contributed by atoms with Crippen LogP contribution < -0.4 is 10.6 Å². The van der Waals surface area contributed by atoms with E-state index in [2.05, 4.69) is 10.6 Å². The van der Waals surface area contributed by atoms with Crippen molar-refractivity contribution in [2.45, 2.75) is 43.4 Å². The first-order valence-corrected chi connectivity index (χ1v) is 13.3. The highest BCUT2D eigenvalue weighted by molar-refractivity contribution is 7.90. The Morgan fingerprint density at radius 1 is 1.00 bits per heavy atom. The average Bonchev–Trinajstić information content (AvgIpc) is 2.84. The zero-order chi connectivity index (χ0) is 25.3. The first-order chi connectivity index (χ1) is 16.8. The number of benzene rings is 2. The van der Waals surface area contributed by atoms with E-state index in [1.165, 1.54) is 12.1 Å². The van der Waals surface area contributed by atoms with Gasteiger partial charge in [-0.3, -0.25) is 14.4 Å². The van der Waals surface area contributed by atoms with E-state index < -0.39 is 33.5 Å². The third-order valence-electron chi connectivity index (χ3n) is 5.57. The molecular weight excluding hydrogens is 472 g/mol. The molecular formula is C25H30N2O7S. The van der Waals surface area contributed by atoms with Gasteiger partial charge in [-0.25, -0.2) is 8.42 Å². The number of ether oxygens (including phenoxy) is 2. The van der Waals surface area contributed by atoms with Crippen molar-refractivity contribution in [3.63, 3.8) is 0 Å². The molecule has 0 saturated carbocycles. The van der Waals surface area contributed by atoms with Crippen molar-refractivity contribution >= 4 is 27.4 Å². The van der Waals surface area contributed by atoms with Gasteiger partial charge in [0.1, 0.15) is 0 Å². The zero-order valence-electron chi connectivity index (χ0n) is 19.6. The lowest BCUT2D eigenvalue weighted by atomic mass is 10.0. The van der Waals surface area contributed by atoms with E-state index in [-0.39, 0.29) is 18.0 Å². The molecule has 3 rings (SSSR count). The highest BCUT2D eigenvalue weighted by Crippen LogP contribution is 2.13. The molecule has 0 radical (unpaired) electrons. The van der Waals surface area contributed by atoms with Crippen molar-refractivity contribution in [3.05, 3.63) is 65.2 Å². The van der Waals surface area contributed by atoms with Crippen LogP contribution in [0.1, 0.15) is 40.7 Å². The van der Waals surface area contributed by atoms with Gasteiger partial charge in [0.15, 0.2) is 9.84 Å². The van der Waals surface area contributed by atoms with Gasteiger partial charge in [0.05, 0.1) is 30.8 Å². The summed E-state index contributed by atoms with van der Waals surface area (Å²) in [6, 6.07) is 12.0. The van der Waals surface area contributed by atoms with Crippen LogP contribution in [0.4, 0.5) is 0 Å². The Labute approximate surface area is 205 Å². The molecule has 10 heteroatoms. The summed E-state index contributed by atoms with van der Waals surface area (Å²) in [5.74, 6) is -2.01. The van der Waals surface area contributed by atoms with Crippen molar-refractivity contribution in [2.24, 2.45) is 0 Å². The molecule has 2 aromatic carbocycles. The number of carbonyl (C=O) groups is 3. The number of Topliss-reactive ketones (excluding diaryl/α,β-unsaturated/α-hetero) is 1. The van der Waals surface area contributed by atoms with Crippen molar-refractivity contribution in [2.75, 3.05) is 26.1 Å². The highest BCUT2D eigenvalue weighted by Gasteiger charge is 2.27. The van der Waals surface area contributed by atoms with Crippen LogP contribution in [0.2, 0.25) is 0 Å². The molecule has 0 spiro atoms. The van der Waals surface area contributed by atoms with E-state index in [4.69, 9.17) is 9.47 Å². The van der Waals surface area contributed by atoms with E-state index in [1.54, 1.807) is 36.4 Å². The maximum Gasteiger partial charge on any atom is 0.289 e. The molecule has 1 atom stereocenters. The standard InChI is InChI=1S/C25H30N2O7S/c1-35(31,32)20-11-9-18(10-12-20)16-26-25(30)23(28)22-8-4-5-13-33-14-15-34-17-19-6-2-3-7-21(19)24(29)27-22/h2-3,6-7,9-12,22H,4-5,8,13-17H2,1H3,(H,26,30)(H,27,29). The fourth-order valence-corrected chi connectivity index (χ4v) is 4.24. The van der Waals surface area contributed by atoms with Crippen LogP contribution in [0.5, 0.6) is 0 Å². The summed E-state index contributed by atoms with van der Waals surface area (Å²) in [5.41, 5.74) is 1.70. The average molecular weight is 503 g/mol. The number of ketones is 1. The van der Waals surface area contributed by atoms with Crippen molar-refractivity contribution in [1.29, 1.82) is 0 Å². The van der Waals surface area contributed by atoms with Crippen molar-refractivity contribution in [3.8, 4) is 0 Å². The number of hydrogen-bond donors (Lipinski definition) is 2. The number of carbonyl (C=O) groups excluding carboxylic acids is 3. The Morgan fingerprint density at radius 3 is 2.46 bits per heavy atom. The molecule has 1 unspecified atom stereocenters. The van der Waals surface area contributed by atoms with Crippen molar-refractivity contribution in [1.82, 2.24) is 10.6 Å². The Bertz CT molecular complexity index is 1150. The number of amides is 2. The quantitative estimate of drug-likeness (QED) is 0.597. The summed E-state index contributed by atoms with van der Waals surface area (Å²) < 4.78 is 34.3. The maximum absolute atomic E-state index is 13.0. The van der Waals surface area contributed by atoms with Gasteiger partial charge in [0.2, 0.25) is 5.78 Å². The molecule has 1 aliphatic heterocycles. The lowest BCUT2D eigenvalue weighted by molar-refractivity contribution is -0.139. The summed E-state index contributed by atoms with van der Waals surface area (Å²) in [6.07, 6.45) is 2.66. The SMILES string of the molecule is CS(=O)(=O)c1ccc(CNC(=O)C(=O)C2CCCCOCCOCc3ccccc3C(=O)N2)cc1. The monoisotopic (exact) mass is 502 g/mol. The van der Waals surface area contributed by atoms with E-state index in [1.807, 2.05) is 0 Å². The Morgan fingerprint density at radius 2 is 1.71 bits per heavy atom. The number of hydrogen-bond acceptors (Lipinski definition) is 7. The molecule has 0 aromatic heterocycles. The molecule has 1 aliphatic rings. The predicted molar refractivity (Wildman–Crippen MR) is 128 cm³/mol. The Kier molecular flexibility index (Phi) is 9.53. The first-order valence-electron chi connectivity index (χ1n) is 11.4. The summed E-state index contributed by atoms with van der Waals surface area (Å²) in [5, 5.41) is 5.28. The fraction of sp³-hybridized carbons (Fsp3) is 0.400. The maximum atomic E-state index is 13.0. The smallest absolute Gasteiger partial charge is 0.289 e. The van der Waals surface area contributed by atoms with Gasteiger partial charge >= 0.3 is 0 Å². The van der Waals surface area contributed by atoms with Crippen LogP contribution >= 0.6 is 0 Å². The van der Waals surface area contributed by atoms with Gasteiger partial charge < -0.3 is 20.1 Å².